The first-order valence-electron chi connectivity index (χ1n) is 5.09. The Morgan fingerprint density at radius 3 is 2.25 bits per heavy atom. The molecule has 0 N–H and O–H groups in total. The molecule has 0 heterocycles. The summed E-state index contributed by atoms with van der Waals surface area (Å²) in [4.78, 5) is 0. The third-order valence-corrected chi connectivity index (χ3v) is 5.03. The van der Waals surface area contributed by atoms with Gasteiger partial charge >= 0.3 is 6.00 Å². The molecule has 2 aromatic rings. The van der Waals surface area contributed by atoms with E-state index in [4.69, 9.17) is 33.2 Å². The van der Waals surface area contributed by atoms with Crippen LogP contribution in [0.15, 0.2) is 42.5 Å². The summed E-state index contributed by atoms with van der Waals surface area (Å²) < 4.78 is 0. The third-order valence-electron chi connectivity index (χ3n) is 2.51. The molecule has 0 aliphatic rings. The number of rotatable bonds is 3. The zero-order valence-electron chi connectivity index (χ0n) is 8.59. The smallest absolute Gasteiger partial charge is 0.126 e. The van der Waals surface area contributed by atoms with E-state index in [2.05, 4.69) is 30.3 Å². The molecule has 0 saturated carbocycles. The second-order valence-electron chi connectivity index (χ2n) is 3.80. The van der Waals surface area contributed by atoms with Crippen molar-refractivity contribution in [3.8, 4) is 0 Å². The Morgan fingerprint density at radius 2 is 1.56 bits per heavy atom. The molecule has 84 valence electrons. The van der Waals surface area contributed by atoms with Crippen LogP contribution in [0.25, 0.3) is 10.8 Å². The Bertz CT molecular complexity index is 491. The van der Waals surface area contributed by atoms with Gasteiger partial charge in [0.2, 0.25) is 0 Å². The van der Waals surface area contributed by atoms with Gasteiger partial charge in [0.25, 0.3) is 0 Å². The van der Waals surface area contributed by atoms with Crippen molar-refractivity contribution in [1.82, 2.24) is 0 Å². The predicted octanol–water partition coefficient (Wildman–Crippen LogP) is 5.04. The van der Waals surface area contributed by atoms with Gasteiger partial charge in [-0.15, -0.1) is 33.2 Å². The maximum Gasteiger partial charge on any atom is 0.341 e. The number of hydrogen-bond acceptors (Lipinski definition) is 0. The highest BCUT2D eigenvalue weighted by molar-refractivity contribution is 7.64. The topological polar surface area (TPSA) is 0 Å². The van der Waals surface area contributed by atoms with Crippen LogP contribution in [0.3, 0.4) is 0 Å². The summed E-state index contributed by atoms with van der Waals surface area (Å²) in [6, 6.07) is 12.9. The molecule has 0 aromatic heterocycles. The van der Waals surface area contributed by atoms with E-state index in [-0.39, 0.29) is 0 Å². The largest absolute Gasteiger partial charge is 0.341 e. The molecule has 0 aliphatic carbocycles. The van der Waals surface area contributed by atoms with Crippen LogP contribution in [0, 0.1) is 0 Å². The SMILES string of the molecule is Cl[Si](Cl)(Cl)CCc1ccc2ccccc2c1. The molecule has 0 aliphatic heterocycles. The van der Waals surface area contributed by atoms with Crippen LogP contribution in [0.2, 0.25) is 6.04 Å². The molecular weight excluding hydrogens is 279 g/mol. The van der Waals surface area contributed by atoms with Crippen molar-refractivity contribution in [3.63, 3.8) is 0 Å². The molecule has 0 nitrogen and oxygen atoms in total. The molecule has 0 atom stereocenters. The fourth-order valence-corrected chi connectivity index (χ4v) is 3.10. The highest BCUT2D eigenvalue weighted by atomic mass is 35.8. The van der Waals surface area contributed by atoms with Gasteiger partial charge in [-0.2, -0.15) is 0 Å². The summed E-state index contributed by atoms with van der Waals surface area (Å²) in [5.74, 6) is 0. The summed E-state index contributed by atoms with van der Waals surface area (Å²) in [5, 5.41) is 2.49. The average Bonchev–Trinajstić information content (AvgIpc) is 2.25. The molecule has 16 heavy (non-hydrogen) atoms. The van der Waals surface area contributed by atoms with Crippen molar-refractivity contribution in [2.75, 3.05) is 0 Å². The minimum absolute atomic E-state index is 0.677. The molecule has 4 heteroatoms. The zero-order chi connectivity index (χ0) is 11.6. The van der Waals surface area contributed by atoms with Crippen LogP contribution in [0.4, 0.5) is 0 Å². The first-order valence-corrected chi connectivity index (χ1v) is 10.3. The van der Waals surface area contributed by atoms with E-state index < -0.39 is 6.00 Å². The predicted molar refractivity (Wildman–Crippen MR) is 75.8 cm³/mol. The standard InChI is InChI=1S/C12H11Cl3Si/c13-16(14,15)8-7-10-5-6-11-3-1-2-4-12(11)9-10/h1-6,9H,7-8H2. The maximum absolute atomic E-state index is 5.87. The van der Waals surface area contributed by atoms with Gasteiger partial charge in [-0.1, -0.05) is 42.5 Å². The van der Waals surface area contributed by atoms with Gasteiger partial charge in [0.1, 0.15) is 0 Å². The minimum Gasteiger partial charge on any atom is -0.126 e. The number of benzene rings is 2. The van der Waals surface area contributed by atoms with Crippen molar-refractivity contribution in [1.29, 1.82) is 0 Å². The van der Waals surface area contributed by atoms with E-state index in [0.29, 0.717) is 6.04 Å². The molecule has 0 bridgehead atoms. The van der Waals surface area contributed by atoms with Crippen molar-refractivity contribution in [2.45, 2.75) is 12.5 Å². The second-order valence-corrected chi connectivity index (χ2v) is 13.1. The second kappa shape index (κ2) is 4.97. The molecule has 0 fully saturated rings. The zero-order valence-corrected chi connectivity index (χ0v) is 11.9. The van der Waals surface area contributed by atoms with Crippen LogP contribution >= 0.6 is 33.2 Å². The van der Waals surface area contributed by atoms with E-state index in [1.165, 1.54) is 16.3 Å². The quantitative estimate of drug-likeness (QED) is 0.549. The summed E-state index contributed by atoms with van der Waals surface area (Å²) >= 11 is 17.6. The number of fused-ring (bicyclic) bond motifs is 1. The van der Waals surface area contributed by atoms with Crippen molar-refractivity contribution in [3.05, 3.63) is 48.0 Å². The van der Waals surface area contributed by atoms with Crippen molar-refractivity contribution < 1.29 is 0 Å². The Hall–Kier alpha value is -0.213. The number of hydrogen-bond donors (Lipinski definition) is 0. The fraction of sp³-hybridized carbons (Fsp3) is 0.167. The van der Waals surface area contributed by atoms with Gasteiger partial charge < -0.3 is 0 Å². The van der Waals surface area contributed by atoms with Gasteiger partial charge in [0.15, 0.2) is 0 Å². The van der Waals surface area contributed by atoms with Gasteiger partial charge in [0, 0.05) is 0 Å². The fourth-order valence-electron chi connectivity index (χ4n) is 1.68. The van der Waals surface area contributed by atoms with Crippen molar-refractivity contribution >= 4 is 50.0 Å². The Kier molecular flexibility index (Phi) is 3.80. The lowest BCUT2D eigenvalue weighted by atomic mass is 10.1. The van der Waals surface area contributed by atoms with Gasteiger partial charge in [-0.25, -0.2) is 0 Å². The van der Waals surface area contributed by atoms with Gasteiger partial charge in [-0.05, 0) is 28.8 Å². The van der Waals surface area contributed by atoms with E-state index in [9.17, 15) is 0 Å². The van der Waals surface area contributed by atoms with E-state index in [1.54, 1.807) is 0 Å². The molecule has 0 amide bonds. The van der Waals surface area contributed by atoms with E-state index in [0.717, 1.165) is 6.42 Å². The summed E-state index contributed by atoms with van der Waals surface area (Å²) in [6.45, 7) is 0. The summed E-state index contributed by atoms with van der Waals surface area (Å²) in [6.07, 6.45) is 0.841. The molecular formula is C12H11Cl3Si. The Labute approximate surface area is 110 Å². The first-order chi connectivity index (χ1) is 7.54. The third kappa shape index (κ3) is 3.39. The van der Waals surface area contributed by atoms with Crippen LogP contribution in [-0.2, 0) is 6.42 Å². The lowest BCUT2D eigenvalue weighted by molar-refractivity contribution is 1.13. The highest BCUT2D eigenvalue weighted by Crippen LogP contribution is 2.27. The van der Waals surface area contributed by atoms with Gasteiger partial charge in [0.05, 0.1) is 0 Å². The van der Waals surface area contributed by atoms with Crippen molar-refractivity contribution in [2.24, 2.45) is 0 Å². The molecule has 0 saturated heterocycles. The Balaban J connectivity index is 2.20. The average molecular weight is 290 g/mol. The number of halogens is 3. The monoisotopic (exact) mass is 288 g/mol. The minimum atomic E-state index is -2.49. The van der Waals surface area contributed by atoms with Crippen LogP contribution in [-0.4, -0.2) is 6.00 Å². The molecule has 2 rings (SSSR count). The molecule has 0 radical (unpaired) electrons. The van der Waals surface area contributed by atoms with Crippen LogP contribution < -0.4 is 0 Å². The van der Waals surface area contributed by atoms with E-state index in [1.807, 2.05) is 12.1 Å². The molecule has 2 aromatic carbocycles. The maximum atomic E-state index is 5.87. The number of aryl methyl sites for hydroxylation is 1. The normalized spacial score (nSPS) is 11.9. The highest BCUT2D eigenvalue weighted by Gasteiger charge is 2.24. The first kappa shape index (κ1) is 12.2. The molecule has 0 spiro atoms. The Morgan fingerprint density at radius 1 is 0.875 bits per heavy atom. The van der Waals surface area contributed by atoms with E-state index >= 15 is 0 Å². The molecule has 0 unspecified atom stereocenters. The van der Waals surface area contributed by atoms with Gasteiger partial charge in [-0.3, -0.25) is 0 Å². The lowest BCUT2D eigenvalue weighted by Crippen LogP contribution is -2.09. The lowest BCUT2D eigenvalue weighted by Gasteiger charge is -2.08. The summed E-state index contributed by atoms with van der Waals surface area (Å²) in [7, 11) is 0. The van der Waals surface area contributed by atoms with Crippen LogP contribution in [0.1, 0.15) is 5.56 Å². The summed E-state index contributed by atoms with van der Waals surface area (Å²) in [5.41, 5.74) is 1.23. The van der Waals surface area contributed by atoms with Crippen LogP contribution in [0.5, 0.6) is 0 Å².